The zero-order chi connectivity index (χ0) is 21.8. The van der Waals surface area contributed by atoms with Crippen molar-refractivity contribution in [1.29, 1.82) is 0 Å². The fraction of sp³-hybridized carbons (Fsp3) is 0.643. The number of phenols is 1. The van der Waals surface area contributed by atoms with E-state index in [0.29, 0.717) is 11.5 Å². The van der Waals surface area contributed by atoms with Gasteiger partial charge in [-0.2, -0.15) is 4.39 Å². The number of aromatic hydroxyl groups is 1. The summed E-state index contributed by atoms with van der Waals surface area (Å²) in [5, 5.41) is 9.36. The van der Waals surface area contributed by atoms with Gasteiger partial charge in [0.15, 0.2) is 11.6 Å². The standard InChI is InChI=1S/C28H38F2O/c1-2-3-4-19-5-7-20(8-6-19)21-9-11-22(12-10-21)23-13-15-24(16-14-23)25-17-18-26(31)28(30)27(25)29/h2,15,17-23,31H,1,3-14,16H2. The molecule has 0 spiro atoms. The molecule has 4 rings (SSSR count). The highest BCUT2D eigenvalue weighted by Gasteiger charge is 2.33. The van der Waals surface area contributed by atoms with Gasteiger partial charge in [0.1, 0.15) is 0 Å². The van der Waals surface area contributed by atoms with Gasteiger partial charge in [0.05, 0.1) is 0 Å². The number of halogens is 2. The van der Waals surface area contributed by atoms with E-state index >= 15 is 0 Å². The van der Waals surface area contributed by atoms with Crippen molar-refractivity contribution in [2.45, 2.75) is 83.5 Å². The molecule has 0 amide bonds. The first-order valence-electron chi connectivity index (χ1n) is 12.5. The van der Waals surface area contributed by atoms with Crippen LogP contribution in [-0.2, 0) is 0 Å². The van der Waals surface area contributed by atoms with Crippen LogP contribution in [0.2, 0.25) is 0 Å². The van der Waals surface area contributed by atoms with Gasteiger partial charge in [0, 0.05) is 5.56 Å². The number of rotatable bonds is 6. The van der Waals surface area contributed by atoms with Crippen LogP contribution in [0.5, 0.6) is 5.75 Å². The lowest BCUT2D eigenvalue weighted by Gasteiger charge is -2.40. The minimum Gasteiger partial charge on any atom is -0.505 e. The lowest BCUT2D eigenvalue weighted by Crippen LogP contribution is -2.28. The third-order valence-electron chi connectivity index (χ3n) is 8.68. The second-order valence-corrected chi connectivity index (χ2v) is 10.3. The molecular weight excluding hydrogens is 390 g/mol. The Morgan fingerprint density at radius 1 is 0.839 bits per heavy atom. The van der Waals surface area contributed by atoms with Gasteiger partial charge in [-0.15, -0.1) is 6.58 Å². The van der Waals surface area contributed by atoms with Crippen LogP contribution in [0.1, 0.15) is 89.0 Å². The van der Waals surface area contributed by atoms with Crippen LogP contribution in [0, 0.1) is 41.2 Å². The molecule has 1 unspecified atom stereocenters. The van der Waals surface area contributed by atoms with Crippen molar-refractivity contribution in [3.63, 3.8) is 0 Å². The molecule has 1 aromatic rings. The van der Waals surface area contributed by atoms with Gasteiger partial charge in [-0.1, -0.05) is 25.0 Å². The highest BCUT2D eigenvalue weighted by Crippen LogP contribution is 2.46. The van der Waals surface area contributed by atoms with E-state index in [1.54, 1.807) is 0 Å². The van der Waals surface area contributed by atoms with Crippen molar-refractivity contribution in [3.8, 4) is 5.75 Å². The lowest BCUT2D eigenvalue weighted by atomic mass is 9.65. The second kappa shape index (κ2) is 10.3. The molecular formula is C28H38F2O. The van der Waals surface area contributed by atoms with Gasteiger partial charge in [-0.05, 0) is 118 Å². The summed E-state index contributed by atoms with van der Waals surface area (Å²) < 4.78 is 27.9. The van der Waals surface area contributed by atoms with Gasteiger partial charge in [-0.3, -0.25) is 0 Å². The number of benzene rings is 1. The first-order valence-corrected chi connectivity index (χ1v) is 12.5. The Bertz CT molecular complexity index is 782. The Hall–Kier alpha value is -1.64. The van der Waals surface area contributed by atoms with E-state index in [1.165, 1.54) is 76.3 Å². The summed E-state index contributed by atoms with van der Waals surface area (Å²) in [6, 6.07) is 2.77. The van der Waals surface area contributed by atoms with Crippen molar-refractivity contribution >= 4 is 5.57 Å². The topological polar surface area (TPSA) is 20.2 Å². The zero-order valence-electron chi connectivity index (χ0n) is 18.8. The maximum atomic E-state index is 14.2. The van der Waals surface area contributed by atoms with E-state index in [1.807, 2.05) is 0 Å². The number of hydrogen-bond donors (Lipinski definition) is 1. The molecule has 3 aliphatic rings. The van der Waals surface area contributed by atoms with Crippen molar-refractivity contribution in [1.82, 2.24) is 0 Å². The Morgan fingerprint density at radius 3 is 2.03 bits per heavy atom. The lowest BCUT2D eigenvalue weighted by molar-refractivity contribution is 0.121. The maximum absolute atomic E-state index is 14.2. The molecule has 0 bridgehead atoms. The third kappa shape index (κ3) is 5.23. The molecule has 3 heteroatoms. The first-order chi connectivity index (χ1) is 15.1. The molecule has 3 aliphatic carbocycles. The molecule has 1 N–H and O–H groups in total. The average molecular weight is 429 g/mol. The summed E-state index contributed by atoms with van der Waals surface area (Å²) >= 11 is 0. The normalized spacial score (nSPS) is 31.8. The van der Waals surface area contributed by atoms with Crippen LogP contribution in [-0.4, -0.2) is 5.11 Å². The highest BCUT2D eigenvalue weighted by atomic mass is 19.2. The molecule has 2 fully saturated rings. The Morgan fingerprint density at radius 2 is 1.45 bits per heavy atom. The van der Waals surface area contributed by atoms with E-state index < -0.39 is 17.4 Å². The van der Waals surface area contributed by atoms with Crippen LogP contribution in [0.15, 0.2) is 30.9 Å². The SMILES string of the molecule is C=CCCC1CCC(C2CCC(C3CC=C(c4ccc(O)c(F)c4F)CC3)CC2)CC1. The fourth-order valence-electron chi connectivity index (χ4n) is 6.70. The number of phenolic OH excluding ortho intramolecular Hbond substituents is 1. The first kappa shape index (κ1) is 22.6. The molecule has 1 nitrogen and oxygen atoms in total. The predicted molar refractivity (Wildman–Crippen MR) is 124 cm³/mol. The van der Waals surface area contributed by atoms with Gasteiger partial charge in [-0.25, -0.2) is 4.39 Å². The van der Waals surface area contributed by atoms with E-state index in [0.717, 1.165) is 48.5 Å². The van der Waals surface area contributed by atoms with Gasteiger partial charge < -0.3 is 5.11 Å². The van der Waals surface area contributed by atoms with Crippen LogP contribution in [0.4, 0.5) is 8.78 Å². The molecule has 2 saturated carbocycles. The summed E-state index contributed by atoms with van der Waals surface area (Å²) in [5.41, 5.74) is 1.22. The minimum atomic E-state index is -1.13. The highest BCUT2D eigenvalue weighted by molar-refractivity contribution is 5.67. The molecule has 31 heavy (non-hydrogen) atoms. The molecule has 0 heterocycles. The third-order valence-corrected chi connectivity index (χ3v) is 8.68. The Kier molecular flexibility index (Phi) is 7.51. The van der Waals surface area contributed by atoms with E-state index in [2.05, 4.69) is 18.7 Å². The average Bonchev–Trinajstić information content (AvgIpc) is 2.82. The summed E-state index contributed by atoms with van der Waals surface area (Å²) in [4.78, 5) is 0. The quantitative estimate of drug-likeness (QED) is 0.451. The van der Waals surface area contributed by atoms with Crippen LogP contribution in [0.3, 0.4) is 0 Å². The van der Waals surface area contributed by atoms with Gasteiger partial charge in [0.25, 0.3) is 0 Å². The molecule has 0 aliphatic heterocycles. The van der Waals surface area contributed by atoms with E-state index in [-0.39, 0.29) is 0 Å². The summed E-state index contributed by atoms with van der Waals surface area (Å²) in [5.74, 6) is 1.63. The van der Waals surface area contributed by atoms with Crippen molar-refractivity contribution < 1.29 is 13.9 Å². The minimum absolute atomic E-state index is 0.321. The number of allylic oxidation sites excluding steroid dienone is 3. The Labute approximate surface area is 186 Å². The fourth-order valence-corrected chi connectivity index (χ4v) is 6.70. The second-order valence-electron chi connectivity index (χ2n) is 10.3. The predicted octanol–water partition coefficient (Wildman–Crippen LogP) is 8.43. The van der Waals surface area contributed by atoms with E-state index in [4.69, 9.17) is 0 Å². The number of hydrogen-bond acceptors (Lipinski definition) is 1. The van der Waals surface area contributed by atoms with Crippen molar-refractivity contribution in [3.05, 3.63) is 48.1 Å². The van der Waals surface area contributed by atoms with Crippen molar-refractivity contribution in [2.75, 3.05) is 0 Å². The molecule has 170 valence electrons. The summed E-state index contributed by atoms with van der Waals surface area (Å²) in [6.07, 6.45) is 20.7. The molecule has 0 saturated heterocycles. The molecule has 0 radical (unpaired) electrons. The van der Waals surface area contributed by atoms with Crippen LogP contribution < -0.4 is 0 Å². The van der Waals surface area contributed by atoms with E-state index in [9.17, 15) is 13.9 Å². The van der Waals surface area contributed by atoms with Gasteiger partial charge >= 0.3 is 0 Å². The monoisotopic (exact) mass is 428 g/mol. The molecule has 0 aromatic heterocycles. The zero-order valence-corrected chi connectivity index (χ0v) is 18.8. The largest absolute Gasteiger partial charge is 0.505 e. The van der Waals surface area contributed by atoms with Crippen LogP contribution >= 0.6 is 0 Å². The molecule has 1 atom stereocenters. The summed E-state index contributed by atoms with van der Waals surface area (Å²) in [7, 11) is 0. The van der Waals surface area contributed by atoms with Gasteiger partial charge in [0.2, 0.25) is 5.82 Å². The van der Waals surface area contributed by atoms with Crippen LogP contribution in [0.25, 0.3) is 5.57 Å². The summed E-state index contributed by atoms with van der Waals surface area (Å²) in [6.45, 7) is 3.86. The maximum Gasteiger partial charge on any atom is 0.200 e. The smallest absolute Gasteiger partial charge is 0.200 e. The molecule has 1 aromatic carbocycles. The Balaban J connectivity index is 1.25. The van der Waals surface area contributed by atoms with Crippen molar-refractivity contribution in [2.24, 2.45) is 29.6 Å².